The van der Waals surface area contributed by atoms with Crippen molar-refractivity contribution in [3.05, 3.63) is 24.0 Å². The molecule has 1 saturated heterocycles. The van der Waals surface area contributed by atoms with Crippen LogP contribution in [0.4, 0.5) is 0 Å². The summed E-state index contributed by atoms with van der Waals surface area (Å²) in [6.07, 6.45) is 5.98. The number of amides is 1. The quantitative estimate of drug-likeness (QED) is 0.851. The lowest BCUT2D eigenvalue weighted by molar-refractivity contribution is -0.133. The predicted octanol–water partition coefficient (Wildman–Crippen LogP) is 1.81. The molecule has 0 unspecified atom stereocenters. The van der Waals surface area contributed by atoms with Crippen LogP contribution in [0.1, 0.15) is 38.3 Å². The van der Waals surface area contributed by atoms with Crippen molar-refractivity contribution in [3.8, 4) is 0 Å². The van der Waals surface area contributed by atoms with Gasteiger partial charge in [-0.3, -0.25) is 4.79 Å². The van der Waals surface area contributed by atoms with Gasteiger partial charge in [0.1, 0.15) is 0 Å². The Kier molecular flexibility index (Phi) is 4.64. The minimum Gasteiger partial charge on any atom is -0.353 e. The fraction of sp³-hybridized carbons (Fsp3) is 0.667. The van der Waals surface area contributed by atoms with Gasteiger partial charge in [0.25, 0.3) is 0 Å². The van der Waals surface area contributed by atoms with Crippen molar-refractivity contribution >= 4 is 5.91 Å². The van der Waals surface area contributed by atoms with Gasteiger partial charge in [-0.05, 0) is 44.5 Å². The third-order valence-electron chi connectivity index (χ3n) is 4.25. The summed E-state index contributed by atoms with van der Waals surface area (Å²) in [7, 11) is 2.01. The molecule has 19 heavy (non-hydrogen) atoms. The van der Waals surface area contributed by atoms with E-state index in [2.05, 4.69) is 28.2 Å². The Morgan fingerprint density at radius 2 is 2.21 bits per heavy atom. The highest BCUT2D eigenvalue weighted by atomic mass is 16.2. The molecule has 4 nitrogen and oxygen atoms in total. The first-order valence-electron chi connectivity index (χ1n) is 7.27. The van der Waals surface area contributed by atoms with Crippen molar-refractivity contribution in [2.75, 3.05) is 13.1 Å². The molecular formula is C15H25N3O. The lowest BCUT2D eigenvalue weighted by Crippen LogP contribution is -2.47. The number of carbonyl (C=O) groups is 1. The second-order valence-electron chi connectivity index (χ2n) is 5.57. The van der Waals surface area contributed by atoms with Crippen LogP contribution in [-0.4, -0.2) is 23.6 Å². The molecule has 1 aliphatic heterocycles. The van der Waals surface area contributed by atoms with Crippen LogP contribution in [0, 0.1) is 5.41 Å². The van der Waals surface area contributed by atoms with Crippen LogP contribution in [0.15, 0.2) is 18.3 Å². The van der Waals surface area contributed by atoms with Crippen molar-refractivity contribution in [3.63, 3.8) is 0 Å². The normalized spacial score (nSPS) is 18.2. The fourth-order valence-corrected chi connectivity index (χ4v) is 3.01. The van der Waals surface area contributed by atoms with Gasteiger partial charge in [-0.25, -0.2) is 0 Å². The van der Waals surface area contributed by atoms with Crippen molar-refractivity contribution in [1.29, 1.82) is 0 Å². The van der Waals surface area contributed by atoms with Gasteiger partial charge in [0, 0.05) is 18.9 Å². The van der Waals surface area contributed by atoms with Gasteiger partial charge in [0.15, 0.2) is 0 Å². The zero-order valence-corrected chi connectivity index (χ0v) is 12.0. The molecular weight excluding hydrogens is 238 g/mol. The number of hydrogen-bond acceptors (Lipinski definition) is 2. The van der Waals surface area contributed by atoms with Crippen LogP contribution in [0.3, 0.4) is 0 Å². The largest absolute Gasteiger partial charge is 0.353 e. The summed E-state index contributed by atoms with van der Waals surface area (Å²) < 4.78 is 2.05. The first kappa shape index (κ1) is 14.1. The Morgan fingerprint density at radius 1 is 1.47 bits per heavy atom. The lowest BCUT2D eigenvalue weighted by atomic mass is 9.74. The highest BCUT2D eigenvalue weighted by Crippen LogP contribution is 2.34. The summed E-state index contributed by atoms with van der Waals surface area (Å²) in [5.41, 5.74) is 1.000. The number of nitrogens with zero attached hydrogens (tertiary/aromatic N) is 1. The third kappa shape index (κ3) is 3.18. The lowest BCUT2D eigenvalue weighted by Gasteiger charge is -2.36. The summed E-state index contributed by atoms with van der Waals surface area (Å²) in [6.45, 7) is 4.70. The number of carbonyl (C=O) groups excluding carboxylic acids is 1. The second kappa shape index (κ2) is 6.24. The minimum absolute atomic E-state index is 0.148. The van der Waals surface area contributed by atoms with E-state index in [1.54, 1.807) is 0 Å². The average Bonchev–Trinajstić information content (AvgIpc) is 2.83. The molecule has 2 N–H and O–H groups in total. The highest BCUT2D eigenvalue weighted by Gasteiger charge is 2.38. The monoisotopic (exact) mass is 263 g/mol. The number of rotatable bonds is 5. The Labute approximate surface area is 115 Å². The van der Waals surface area contributed by atoms with Gasteiger partial charge in [-0.1, -0.05) is 13.3 Å². The van der Waals surface area contributed by atoms with Crippen molar-refractivity contribution < 1.29 is 4.79 Å². The van der Waals surface area contributed by atoms with Crippen LogP contribution in [-0.2, 0) is 18.4 Å². The molecule has 1 aliphatic rings. The van der Waals surface area contributed by atoms with Crippen LogP contribution < -0.4 is 10.6 Å². The van der Waals surface area contributed by atoms with E-state index in [1.807, 2.05) is 19.3 Å². The van der Waals surface area contributed by atoms with E-state index in [-0.39, 0.29) is 11.3 Å². The molecule has 4 heteroatoms. The minimum atomic E-state index is -0.148. The molecule has 1 fully saturated rings. The van der Waals surface area contributed by atoms with Gasteiger partial charge >= 0.3 is 0 Å². The van der Waals surface area contributed by atoms with E-state index < -0.39 is 0 Å². The van der Waals surface area contributed by atoms with E-state index in [4.69, 9.17) is 0 Å². The summed E-state index contributed by atoms with van der Waals surface area (Å²) in [5.74, 6) is 0.233. The van der Waals surface area contributed by atoms with Gasteiger partial charge in [0.2, 0.25) is 5.91 Å². The van der Waals surface area contributed by atoms with Crippen molar-refractivity contribution in [1.82, 2.24) is 15.2 Å². The standard InChI is InChI=1S/C15H25N3O/c1-3-6-15(7-9-16-10-8-15)14(19)17-12-13-5-4-11-18(13)2/h4-5,11,16H,3,6-10,12H2,1-2H3,(H,17,19). The van der Waals surface area contributed by atoms with Gasteiger partial charge < -0.3 is 15.2 Å². The van der Waals surface area contributed by atoms with Gasteiger partial charge in [0.05, 0.1) is 12.0 Å². The predicted molar refractivity (Wildman–Crippen MR) is 76.7 cm³/mol. The van der Waals surface area contributed by atoms with Crippen LogP contribution in [0.25, 0.3) is 0 Å². The zero-order chi connectivity index (χ0) is 13.7. The molecule has 2 heterocycles. The summed E-state index contributed by atoms with van der Waals surface area (Å²) in [4.78, 5) is 12.6. The first-order valence-corrected chi connectivity index (χ1v) is 7.27. The van der Waals surface area contributed by atoms with E-state index >= 15 is 0 Å². The molecule has 1 aromatic rings. The molecule has 2 rings (SSSR count). The zero-order valence-electron chi connectivity index (χ0n) is 12.0. The Hall–Kier alpha value is -1.29. The molecule has 1 aromatic heterocycles. The average molecular weight is 263 g/mol. The number of hydrogen-bond donors (Lipinski definition) is 2. The SMILES string of the molecule is CCCC1(C(=O)NCc2cccn2C)CCNCC1. The molecule has 0 aromatic carbocycles. The Balaban J connectivity index is 1.97. The number of nitrogens with one attached hydrogen (secondary N) is 2. The Morgan fingerprint density at radius 3 is 2.79 bits per heavy atom. The van der Waals surface area contributed by atoms with E-state index in [9.17, 15) is 4.79 Å². The van der Waals surface area contributed by atoms with Crippen LogP contribution in [0.5, 0.6) is 0 Å². The Bertz CT molecular complexity index is 413. The highest BCUT2D eigenvalue weighted by molar-refractivity contribution is 5.82. The molecule has 0 aliphatic carbocycles. The fourth-order valence-electron chi connectivity index (χ4n) is 3.01. The second-order valence-corrected chi connectivity index (χ2v) is 5.57. The molecule has 0 radical (unpaired) electrons. The molecule has 0 saturated carbocycles. The van der Waals surface area contributed by atoms with Gasteiger partial charge in [-0.15, -0.1) is 0 Å². The van der Waals surface area contributed by atoms with Crippen molar-refractivity contribution in [2.24, 2.45) is 12.5 Å². The topological polar surface area (TPSA) is 46.1 Å². The van der Waals surface area contributed by atoms with Crippen LogP contribution >= 0.6 is 0 Å². The third-order valence-corrected chi connectivity index (χ3v) is 4.25. The summed E-state index contributed by atoms with van der Waals surface area (Å²) in [5, 5.41) is 6.48. The van der Waals surface area contributed by atoms with E-state index in [1.165, 1.54) is 0 Å². The molecule has 0 spiro atoms. The molecule has 0 atom stereocenters. The maximum Gasteiger partial charge on any atom is 0.226 e. The summed E-state index contributed by atoms with van der Waals surface area (Å²) >= 11 is 0. The van der Waals surface area contributed by atoms with E-state index in [0.717, 1.165) is 44.5 Å². The number of aromatic nitrogens is 1. The first-order chi connectivity index (χ1) is 9.18. The number of piperidine rings is 1. The molecule has 106 valence electrons. The van der Waals surface area contributed by atoms with Crippen molar-refractivity contribution in [2.45, 2.75) is 39.2 Å². The summed E-state index contributed by atoms with van der Waals surface area (Å²) in [6, 6.07) is 4.06. The van der Waals surface area contributed by atoms with Gasteiger partial charge in [-0.2, -0.15) is 0 Å². The molecule has 1 amide bonds. The van der Waals surface area contributed by atoms with Crippen LogP contribution in [0.2, 0.25) is 0 Å². The molecule has 0 bridgehead atoms. The maximum atomic E-state index is 12.6. The number of aryl methyl sites for hydroxylation is 1. The van der Waals surface area contributed by atoms with E-state index in [0.29, 0.717) is 6.54 Å². The smallest absolute Gasteiger partial charge is 0.226 e. The maximum absolute atomic E-state index is 12.6.